The molecule has 1 fully saturated rings. The zero-order valence-electron chi connectivity index (χ0n) is 17.2. The highest BCUT2D eigenvalue weighted by Crippen LogP contribution is 2.31. The van der Waals surface area contributed by atoms with Gasteiger partial charge in [-0.05, 0) is 38.7 Å². The van der Waals surface area contributed by atoms with Crippen LogP contribution in [0.5, 0.6) is 0 Å². The maximum absolute atomic E-state index is 14.6. The number of nitrogens with one attached hydrogen (secondary N) is 2. The topological polar surface area (TPSA) is 79.9 Å². The quantitative estimate of drug-likeness (QED) is 0.607. The molecule has 2 aromatic heterocycles. The maximum atomic E-state index is 14.6. The predicted molar refractivity (Wildman–Crippen MR) is 111 cm³/mol. The van der Waals surface area contributed by atoms with Gasteiger partial charge in [0.1, 0.15) is 23.1 Å². The van der Waals surface area contributed by atoms with Crippen molar-refractivity contribution >= 4 is 16.9 Å². The number of halogens is 3. The second kappa shape index (κ2) is 8.66. The largest absolute Gasteiger partial charge is 0.381 e. The summed E-state index contributed by atoms with van der Waals surface area (Å²) in [5, 5.41) is 3.70. The Balaban J connectivity index is 1.75. The Bertz CT molecular complexity index is 1160. The summed E-state index contributed by atoms with van der Waals surface area (Å²) in [6, 6.07) is 5.07. The van der Waals surface area contributed by atoms with Gasteiger partial charge in [0.2, 0.25) is 0 Å². The Morgan fingerprint density at radius 3 is 2.61 bits per heavy atom. The lowest BCUT2D eigenvalue weighted by molar-refractivity contribution is 0.0851. The van der Waals surface area contributed by atoms with E-state index in [0.29, 0.717) is 41.5 Å². The molecule has 1 atom stereocenters. The van der Waals surface area contributed by atoms with Crippen LogP contribution in [0.2, 0.25) is 0 Å². The van der Waals surface area contributed by atoms with Gasteiger partial charge < -0.3 is 15.0 Å². The van der Waals surface area contributed by atoms with E-state index in [-0.39, 0.29) is 17.0 Å². The first-order valence-corrected chi connectivity index (χ1v) is 10.2. The van der Waals surface area contributed by atoms with Crippen LogP contribution in [0.15, 0.2) is 29.1 Å². The van der Waals surface area contributed by atoms with E-state index in [2.05, 4.69) is 20.3 Å². The number of aryl methyl sites for hydroxylation is 1. The molecule has 3 heterocycles. The molecule has 1 saturated heterocycles. The van der Waals surface area contributed by atoms with Crippen molar-refractivity contribution in [2.45, 2.75) is 45.1 Å². The van der Waals surface area contributed by atoms with E-state index in [0.717, 1.165) is 18.9 Å². The molecular weight excluding hydrogens is 409 g/mol. The lowest BCUT2D eigenvalue weighted by Gasteiger charge is -2.22. The summed E-state index contributed by atoms with van der Waals surface area (Å²) in [5.41, 5.74) is 0.263. The fourth-order valence-corrected chi connectivity index (χ4v) is 3.99. The summed E-state index contributed by atoms with van der Waals surface area (Å²) >= 11 is 0. The van der Waals surface area contributed by atoms with Gasteiger partial charge in [0, 0.05) is 24.3 Å². The summed E-state index contributed by atoms with van der Waals surface area (Å²) in [7, 11) is 0. The highest BCUT2D eigenvalue weighted by molar-refractivity contribution is 5.87. The van der Waals surface area contributed by atoms with Crippen molar-refractivity contribution in [3.05, 3.63) is 63.0 Å². The molecule has 31 heavy (non-hydrogen) atoms. The van der Waals surface area contributed by atoms with Crippen molar-refractivity contribution in [2.24, 2.45) is 0 Å². The summed E-state index contributed by atoms with van der Waals surface area (Å²) in [4.78, 5) is 24.2. The molecule has 4 rings (SSSR count). The van der Waals surface area contributed by atoms with Crippen LogP contribution in [0.1, 0.15) is 60.7 Å². The molecule has 0 aliphatic carbocycles. The van der Waals surface area contributed by atoms with Gasteiger partial charge in [-0.1, -0.05) is 18.2 Å². The van der Waals surface area contributed by atoms with Crippen molar-refractivity contribution in [2.75, 3.05) is 18.5 Å². The SMILES string of the molecule is Cc1nc(N[C@H](C)c2cccc(C(F)F)c2F)c2cc(C3CCOCC3)c(=O)[nH]c2n1. The molecule has 1 aromatic carbocycles. The van der Waals surface area contributed by atoms with E-state index >= 15 is 0 Å². The van der Waals surface area contributed by atoms with E-state index in [1.807, 2.05) is 0 Å². The number of aromatic nitrogens is 3. The van der Waals surface area contributed by atoms with Crippen molar-refractivity contribution in [3.63, 3.8) is 0 Å². The molecule has 0 amide bonds. The van der Waals surface area contributed by atoms with Crippen molar-refractivity contribution in [1.82, 2.24) is 15.0 Å². The number of benzene rings is 1. The average molecular weight is 432 g/mol. The highest BCUT2D eigenvalue weighted by atomic mass is 19.3. The standard InChI is InChI=1S/C22H23F3N4O2/c1-11(14-4-3-5-15(18(14)23)19(24)25)26-20-17-10-16(13-6-8-31-9-7-13)22(30)29-21(17)28-12(2)27-20/h3-5,10-11,13,19H,6-9H2,1-2H3,(H2,26,27,28,29,30)/t11-/m1/s1. The Labute approximate surface area is 176 Å². The van der Waals surface area contributed by atoms with E-state index in [4.69, 9.17) is 4.74 Å². The lowest BCUT2D eigenvalue weighted by Crippen LogP contribution is -2.22. The van der Waals surface area contributed by atoms with Gasteiger partial charge in [0.05, 0.1) is 17.0 Å². The van der Waals surface area contributed by atoms with Crippen LogP contribution < -0.4 is 10.9 Å². The van der Waals surface area contributed by atoms with Gasteiger partial charge in [0.15, 0.2) is 0 Å². The van der Waals surface area contributed by atoms with Gasteiger partial charge in [-0.2, -0.15) is 0 Å². The third kappa shape index (κ3) is 4.27. The van der Waals surface area contributed by atoms with Crippen molar-refractivity contribution in [3.8, 4) is 0 Å². The minimum Gasteiger partial charge on any atom is -0.381 e. The molecule has 9 heteroatoms. The van der Waals surface area contributed by atoms with Crippen molar-refractivity contribution < 1.29 is 17.9 Å². The number of hydrogen-bond acceptors (Lipinski definition) is 5. The number of H-pyrrole nitrogens is 1. The summed E-state index contributed by atoms with van der Waals surface area (Å²) < 4.78 is 46.2. The molecule has 6 nitrogen and oxygen atoms in total. The second-order valence-corrected chi connectivity index (χ2v) is 7.74. The molecule has 1 aliphatic heterocycles. The van der Waals surface area contributed by atoms with Gasteiger partial charge in [-0.25, -0.2) is 23.1 Å². The van der Waals surface area contributed by atoms with E-state index < -0.39 is 23.8 Å². The number of hydrogen-bond donors (Lipinski definition) is 2. The van der Waals surface area contributed by atoms with Gasteiger partial charge in [-0.3, -0.25) is 4.79 Å². The van der Waals surface area contributed by atoms with Crippen LogP contribution in [-0.2, 0) is 4.74 Å². The van der Waals surface area contributed by atoms with Crippen molar-refractivity contribution in [1.29, 1.82) is 0 Å². The fourth-order valence-electron chi connectivity index (χ4n) is 3.99. The first-order chi connectivity index (χ1) is 14.8. The Kier molecular flexibility index (Phi) is 5.95. The Hall–Kier alpha value is -2.94. The number of pyridine rings is 1. The molecule has 0 bridgehead atoms. The number of alkyl halides is 2. The van der Waals surface area contributed by atoms with E-state index in [1.165, 1.54) is 12.1 Å². The van der Waals surface area contributed by atoms with Crippen LogP contribution in [-0.4, -0.2) is 28.2 Å². The molecule has 1 aliphatic rings. The fraction of sp³-hybridized carbons (Fsp3) is 0.409. The van der Waals surface area contributed by atoms with Crippen LogP contribution in [0.4, 0.5) is 19.0 Å². The van der Waals surface area contributed by atoms with Gasteiger partial charge in [-0.15, -0.1) is 0 Å². The smallest absolute Gasteiger partial charge is 0.266 e. The normalized spacial score (nSPS) is 16.1. The number of aromatic amines is 1. The molecule has 0 unspecified atom stereocenters. The van der Waals surface area contributed by atoms with Gasteiger partial charge in [0.25, 0.3) is 12.0 Å². The first kappa shape index (κ1) is 21.3. The number of nitrogens with zero attached hydrogens (tertiary/aromatic N) is 2. The average Bonchev–Trinajstić information content (AvgIpc) is 2.73. The van der Waals surface area contributed by atoms with E-state index in [9.17, 15) is 18.0 Å². The Morgan fingerprint density at radius 2 is 1.90 bits per heavy atom. The first-order valence-electron chi connectivity index (χ1n) is 10.2. The van der Waals surface area contributed by atoms with Crippen LogP contribution in [0.25, 0.3) is 11.0 Å². The zero-order valence-corrected chi connectivity index (χ0v) is 17.2. The highest BCUT2D eigenvalue weighted by Gasteiger charge is 2.23. The third-order valence-corrected chi connectivity index (χ3v) is 5.63. The lowest BCUT2D eigenvalue weighted by atomic mass is 9.92. The molecule has 0 saturated carbocycles. The van der Waals surface area contributed by atoms with Crippen LogP contribution in [0.3, 0.4) is 0 Å². The minimum atomic E-state index is -2.90. The number of fused-ring (bicyclic) bond motifs is 1. The number of rotatable bonds is 5. The van der Waals surface area contributed by atoms with Gasteiger partial charge >= 0.3 is 0 Å². The molecular formula is C22H23F3N4O2. The summed E-state index contributed by atoms with van der Waals surface area (Å²) in [6.07, 6.45) is -1.42. The molecule has 0 radical (unpaired) electrons. The predicted octanol–water partition coefficient (Wildman–Crippen LogP) is 4.77. The zero-order chi connectivity index (χ0) is 22.1. The number of anilines is 1. The summed E-state index contributed by atoms with van der Waals surface area (Å²) in [5.74, 6) is -0.0580. The monoisotopic (exact) mass is 432 g/mol. The molecule has 3 aromatic rings. The van der Waals surface area contributed by atoms with E-state index in [1.54, 1.807) is 19.9 Å². The molecule has 0 spiro atoms. The summed E-state index contributed by atoms with van der Waals surface area (Å²) in [6.45, 7) is 4.53. The van der Waals surface area contributed by atoms with Crippen LogP contribution >= 0.6 is 0 Å². The third-order valence-electron chi connectivity index (χ3n) is 5.63. The maximum Gasteiger partial charge on any atom is 0.266 e. The second-order valence-electron chi connectivity index (χ2n) is 7.74. The molecule has 2 N–H and O–H groups in total. The van der Waals surface area contributed by atoms with Crippen LogP contribution in [0, 0.1) is 12.7 Å². The molecule has 164 valence electrons. The minimum absolute atomic E-state index is 0.0636. The Morgan fingerprint density at radius 1 is 1.19 bits per heavy atom. The number of ether oxygens (including phenoxy) is 1.